The lowest BCUT2D eigenvalue weighted by molar-refractivity contribution is -0.119. The molecule has 0 fully saturated rings. The molecule has 1 heterocycles. The number of hydrogen-bond donors (Lipinski definition) is 1. The van der Waals surface area contributed by atoms with E-state index in [-0.39, 0.29) is 18.4 Å². The second kappa shape index (κ2) is 7.59. The molecule has 22 heavy (non-hydrogen) atoms. The number of carbonyl (C=O) groups excluding carboxylic acids is 1. The van der Waals surface area contributed by atoms with Crippen LogP contribution in [0.3, 0.4) is 0 Å². The predicted molar refractivity (Wildman–Crippen MR) is 82.5 cm³/mol. The van der Waals surface area contributed by atoms with Gasteiger partial charge in [-0.15, -0.1) is 0 Å². The minimum absolute atomic E-state index is 0.0155. The van der Waals surface area contributed by atoms with Gasteiger partial charge in [0.2, 0.25) is 5.91 Å². The predicted octanol–water partition coefficient (Wildman–Crippen LogP) is 3.33. The van der Waals surface area contributed by atoms with Crippen molar-refractivity contribution in [3.63, 3.8) is 0 Å². The van der Waals surface area contributed by atoms with Gasteiger partial charge >= 0.3 is 0 Å². The summed E-state index contributed by atoms with van der Waals surface area (Å²) in [7, 11) is 0. The Morgan fingerprint density at radius 2 is 2.09 bits per heavy atom. The van der Waals surface area contributed by atoms with Crippen LogP contribution in [-0.2, 0) is 11.4 Å². The minimum atomic E-state index is 0.0155. The van der Waals surface area contributed by atoms with E-state index in [1.54, 1.807) is 19.1 Å². The van der Waals surface area contributed by atoms with E-state index in [0.717, 1.165) is 18.5 Å². The topological polar surface area (TPSA) is 77.2 Å². The smallest absolute Gasteiger partial charge is 0.264 e. The van der Waals surface area contributed by atoms with Crippen molar-refractivity contribution in [2.75, 3.05) is 5.32 Å². The normalized spacial score (nSPS) is 12.0. The van der Waals surface area contributed by atoms with Crippen molar-refractivity contribution < 1.29 is 14.1 Å². The fraction of sp³-hybridized carbons (Fsp3) is 0.438. The second-order valence-corrected chi connectivity index (χ2v) is 5.23. The first kappa shape index (κ1) is 16.0. The van der Waals surface area contributed by atoms with Crippen LogP contribution in [0.2, 0.25) is 0 Å². The molecule has 0 radical (unpaired) electrons. The van der Waals surface area contributed by atoms with Gasteiger partial charge in [0.05, 0.1) is 0 Å². The number of nitrogens with zero attached hydrogens (tertiary/aromatic N) is 2. The Morgan fingerprint density at radius 1 is 1.36 bits per heavy atom. The van der Waals surface area contributed by atoms with Gasteiger partial charge in [0.15, 0.2) is 12.4 Å². The fourth-order valence-corrected chi connectivity index (χ4v) is 2.01. The molecule has 6 heteroatoms. The molecule has 1 aromatic heterocycles. The van der Waals surface area contributed by atoms with Crippen molar-refractivity contribution in [1.29, 1.82) is 0 Å². The average molecular weight is 303 g/mol. The molecule has 1 unspecified atom stereocenters. The fourth-order valence-electron chi connectivity index (χ4n) is 2.01. The Morgan fingerprint density at radius 3 is 2.68 bits per heavy atom. The quantitative estimate of drug-likeness (QED) is 0.849. The number of aromatic nitrogens is 2. The van der Waals surface area contributed by atoms with E-state index in [1.807, 2.05) is 19.1 Å². The van der Waals surface area contributed by atoms with Gasteiger partial charge in [-0.05, 0) is 37.6 Å². The molecular formula is C16H21N3O3. The lowest BCUT2D eigenvalue weighted by atomic mass is 10.1. The molecule has 0 saturated carbocycles. The van der Waals surface area contributed by atoms with Gasteiger partial charge in [-0.25, -0.2) is 0 Å². The Kier molecular flexibility index (Phi) is 5.52. The number of hydrogen-bond acceptors (Lipinski definition) is 5. The molecule has 6 nitrogen and oxygen atoms in total. The van der Waals surface area contributed by atoms with E-state index in [2.05, 4.69) is 22.4 Å². The number of aryl methyl sites for hydroxylation is 1. The molecule has 1 amide bonds. The molecule has 118 valence electrons. The third-order valence-corrected chi connectivity index (χ3v) is 3.22. The molecule has 1 aromatic carbocycles. The van der Waals surface area contributed by atoms with Gasteiger partial charge in [-0.2, -0.15) is 4.98 Å². The molecule has 0 aliphatic carbocycles. The number of amides is 1. The summed E-state index contributed by atoms with van der Waals surface area (Å²) < 4.78 is 10.5. The van der Waals surface area contributed by atoms with Crippen LogP contribution >= 0.6 is 0 Å². The van der Waals surface area contributed by atoms with E-state index < -0.39 is 0 Å². The summed E-state index contributed by atoms with van der Waals surface area (Å²) >= 11 is 0. The first-order chi connectivity index (χ1) is 10.6. The molecule has 0 aliphatic heterocycles. The van der Waals surface area contributed by atoms with Gasteiger partial charge in [-0.1, -0.05) is 25.4 Å². The molecule has 0 spiro atoms. The highest BCUT2D eigenvalue weighted by Gasteiger charge is 2.11. The summed E-state index contributed by atoms with van der Waals surface area (Å²) in [4.78, 5) is 16.0. The zero-order valence-electron chi connectivity index (χ0n) is 13.1. The monoisotopic (exact) mass is 303 g/mol. The number of nitrogens with one attached hydrogen (secondary N) is 1. The summed E-state index contributed by atoms with van der Waals surface area (Å²) in [5, 5.41) is 6.59. The maximum Gasteiger partial charge on any atom is 0.264 e. The molecule has 2 rings (SSSR count). The highest BCUT2D eigenvalue weighted by molar-refractivity contribution is 5.92. The van der Waals surface area contributed by atoms with Gasteiger partial charge < -0.3 is 14.6 Å². The van der Waals surface area contributed by atoms with Gasteiger partial charge in [0.1, 0.15) is 5.75 Å². The largest absolute Gasteiger partial charge is 0.484 e. The Labute approximate surface area is 129 Å². The van der Waals surface area contributed by atoms with Crippen LogP contribution in [-0.4, -0.2) is 16.0 Å². The summed E-state index contributed by atoms with van der Waals surface area (Å²) in [6, 6.07) is 7.21. The van der Waals surface area contributed by atoms with E-state index in [4.69, 9.17) is 9.26 Å². The number of benzene rings is 1. The van der Waals surface area contributed by atoms with Crippen LogP contribution in [0, 0.1) is 12.8 Å². The van der Waals surface area contributed by atoms with E-state index in [0.29, 0.717) is 17.5 Å². The standard InChI is InChI=1S/C16H21N3O3/c1-4-5-11(2)16(20)18-13-6-8-14(9-7-13)21-10-15-17-12(3)19-22-15/h6-9,11H,4-5,10H2,1-3H3,(H,18,20). The molecule has 0 bridgehead atoms. The van der Waals surface area contributed by atoms with Gasteiger partial charge in [-0.3, -0.25) is 4.79 Å². The highest BCUT2D eigenvalue weighted by Crippen LogP contribution is 2.18. The van der Waals surface area contributed by atoms with Crippen LogP contribution < -0.4 is 10.1 Å². The third kappa shape index (κ3) is 4.58. The Bertz CT molecular complexity index is 607. The van der Waals surface area contributed by atoms with Gasteiger partial charge in [0, 0.05) is 11.6 Å². The van der Waals surface area contributed by atoms with Crippen LogP contribution in [0.4, 0.5) is 5.69 Å². The van der Waals surface area contributed by atoms with Crippen molar-refractivity contribution in [3.8, 4) is 5.75 Å². The molecular weight excluding hydrogens is 282 g/mol. The minimum Gasteiger partial charge on any atom is -0.484 e. The van der Waals surface area contributed by atoms with E-state index >= 15 is 0 Å². The average Bonchev–Trinajstić information content (AvgIpc) is 2.92. The second-order valence-electron chi connectivity index (χ2n) is 5.23. The maximum absolute atomic E-state index is 11.9. The zero-order chi connectivity index (χ0) is 15.9. The lowest BCUT2D eigenvalue weighted by Crippen LogP contribution is -2.20. The summed E-state index contributed by atoms with van der Waals surface area (Å²) in [5.74, 6) is 1.75. The molecule has 1 N–H and O–H groups in total. The lowest BCUT2D eigenvalue weighted by Gasteiger charge is -2.11. The molecule has 1 atom stereocenters. The van der Waals surface area contributed by atoms with Crippen molar-refractivity contribution in [3.05, 3.63) is 36.0 Å². The zero-order valence-corrected chi connectivity index (χ0v) is 13.1. The van der Waals surface area contributed by atoms with Crippen molar-refractivity contribution in [2.24, 2.45) is 5.92 Å². The van der Waals surface area contributed by atoms with Crippen molar-refractivity contribution in [2.45, 2.75) is 40.2 Å². The first-order valence-electron chi connectivity index (χ1n) is 7.41. The summed E-state index contributed by atoms with van der Waals surface area (Å²) in [6.45, 7) is 5.98. The molecule has 2 aromatic rings. The van der Waals surface area contributed by atoms with Crippen LogP contribution in [0.25, 0.3) is 0 Å². The van der Waals surface area contributed by atoms with Gasteiger partial charge in [0.25, 0.3) is 5.89 Å². The number of rotatable bonds is 7. The van der Waals surface area contributed by atoms with Crippen LogP contribution in [0.5, 0.6) is 5.75 Å². The Hall–Kier alpha value is -2.37. The number of carbonyl (C=O) groups is 1. The molecule has 0 aliphatic rings. The highest BCUT2D eigenvalue weighted by atomic mass is 16.5. The first-order valence-corrected chi connectivity index (χ1v) is 7.41. The summed E-state index contributed by atoms with van der Waals surface area (Å²) in [5.41, 5.74) is 0.758. The molecule has 0 saturated heterocycles. The van der Waals surface area contributed by atoms with E-state index in [1.165, 1.54) is 0 Å². The van der Waals surface area contributed by atoms with Crippen LogP contribution in [0.15, 0.2) is 28.8 Å². The third-order valence-electron chi connectivity index (χ3n) is 3.22. The number of anilines is 1. The van der Waals surface area contributed by atoms with Crippen LogP contribution in [0.1, 0.15) is 38.4 Å². The van der Waals surface area contributed by atoms with Crippen molar-refractivity contribution in [1.82, 2.24) is 10.1 Å². The maximum atomic E-state index is 11.9. The SMILES string of the molecule is CCCC(C)C(=O)Nc1ccc(OCc2nc(C)no2)cc1. The Balaban J connectivity index is 1.86. The van der Waals surface area contributed by atoms with E-state index in [9.17, 15) is 4.79 Å². The summed E-state index contributed by atoms with van der Waals surface area (Å²) in [6.07, 6.45) is 1.88. The van der Waals surface area contributed by atoms with Crippen molar-refractivity contribution >= 4 is 11.6 Å². The number of ether oxygens (including phenoxy) is 1.